The molecule has 0 radical (unpaired) electrons. The number of hydrogen-bond donors (Lipinski definition) is 1. The van der Waals surface area contributed by atoms with Crippen LogP contribution in [0.3, 0.4) is 0 Å². The highest BCUT2D eigenvalue weighted by molar-refractivity contribution is 5.77. The first-order valence-electron chi connectivity index (χ1n) is 4.38. The zero-order chi connectivity index (χ0) is 10.6. The number of terminal acetylenes is 1. The van der Waals surface area contributed by atoms with Crippen molar-refractivity contribution in [2.75, 3.05) is 0 Å². The molecule has 1 atom stereocenters. The van der Waals surface area contributed by atoms with Gasteiger partial charge in [0.15, 0.2) is 0 Å². The standard InChI is InChI=1S/C12H12O2/c1-3-6-11(12(13)14)10-8-5-4-7-9(10)2/h1,4-5,7-8,11H,6H2,2H3,(H,13,14). The molecular formula is C12H12O2. The molecule has 2 nitrogen and oxygen atoms in total. The summed E-state index contributed by atoms with van der Waals surface area (Å²) in [5.74, 6) is 0.948. The highest BCUT2D eigenvalue weighted by atomic mass is 16.4. The monoisotopic (exact) mass is 188 g/mol. The average molecular weight is 188 g/mol. The van der Waals surface area contributed by atoms with E-state index in [0.717, 1.165) is 11.1 Å². The Morgan fingerprint density at radius 1 is 1.57 bits per heavy atom. The first kappa shape index (κ1) is 10.3. The number of aryl methyl sites for hydroxylation is 1. The third-order valence-corrected chi connectivity index (χ3v) is 2.18. The number of rotatable bonds is 3. The van der Waals surface area contributed by atoms with E-state index in [-0.39, 0.29) is 6.42 Å². The number of aliphatic carboxylic acids is 1. The van der Waals surface area contributed by atoms with Crippen LogP contribution in [0.2, 0.25) is 0 Å². The zero-order valence-electron chi connectivity index (χ0n) is 8.03. The van der Waals surface area contributed by atoms with Gasteiger partial charge >= 0.3 is 5.97 Å². The summed E-state index contributed by atoms with van der Waals surface area (Å²) < 4.78 is 0. The van der Waals surface area contributed by atoms with Gasteiger partial charge in [-0.2, -0.15) is 0 Å². The lowest BCUT2D eigenvalue weighted by Gasteiger charge is -2.11. The lowest BCUT2D eigenvalue weighted by atomic mass is 9.92. The zero-order valence-corrected chi connectivity index (χ0v) is 8.03. The molecule has 1 aromatic rings. The summed E-state index contributed by atoms with van der Waals surface area (Å²) in [6.45, 7) is 1.89. The first-order valence-corrected chi connectivity index (χ1v) is 4.38. The molecule has 1 N–H and O–H groups in total. The summed E-state index contributed by atoms with van der Waals surface area (Å²) in [7, 11) is 0. The second-order valence-corrected chi connectivity index (χ2v) is 3.16. The molecule has 0 spiro atoms. The molecule has 0 bridgehead atoms. The van der Waals surface area contributed by atoms with Gasteiger partial charge in [-0.25, -0.2) is 0 Å². The maximum atomic E-state index is 10.9. The van der Waals surface area contributed by atoms with Crippen molar-refractivity contribution in [3.05, 3.63) is 35.4 Å². The van der Waals surface area contributed by atoms with Crippen LogP contribution in [0.4, 0.5) is 0 Å². The van der Waals surface area contributed by atoms with Crippen molar-refractivity contribution in [3.8, 4) is 12.3 Å². The molecule has 0 aliphatic heterocycles. The van der Waals surface area contributed by atoms with Crippen LogP contribution in [0.5, 0.6) is 0 Å². The molecular weight excluding hydrogens is 176 g/mol. The number of carbonyl (C=O) groups is 1. The Hall–Kier alpha value is -1.75. The third kappa shape index (κ3) is 2.14. The van der Waals surface area contributed by atoms with E-state index >= 15 is 0 Å². The Balaban J connectivity index is 3.06. The third-order valence-electron chi connectivity index (χ3n) is 2.18. The van der Waals surface area contributed by atoms with Gasteiger partial charge in [-0.05, 0) is 18.1 Å². The Morgan fingerprint density at radius 3 is 2.71 bits per heavy atom. The molecule has 2 heteroatoms. The fourth-order valence-corrected chi connectivity index (χ4v) is 1.43. The van der Waals surface area contributed by atoms with E-state index in [1.54, 1.807) is 0 Å². The summed E-state index contributed by atoms with van der Waals surface area (Å²) in [4.78, 5) is 10.9. The van der Waals surface area contributed by atoms with Crippen LogP contribution in [0.25, 0.3) is 0 Å². The van der Waals surface area contributed by atoms with Gasteiger partial charge in [0.1, 0.15) is 0 Å². The first-order chi connectivity index (χ1) is 6.66. The van der Waals surface area contributed by atoms with Gasteiger partial charge in [0.05, 0.1) is 5.92 Å². The van der Waals surface area contributed by atoms with E-state index in [4.69, 9.17) is 11.5 Å². The van der Waals surface area contributed by atoms with Crippen LogP contribution >= 0.6 is 0 Å². The van der Waals surface area contributed by atoms with Gasteiger partial charge < -0.3 is 5.11 Å². The molecule has 0 aliphatic carbocycles. The molecule has 0 saturated heterocycles. The Bertz CT molecular complexity index is 374. The second-order valence-electron chi connectivity index (χ2n) is 3.16. The molecule has 0 heterocycles. The molecule has 0 aromatic heterocycles. The van der Waals surface area contributed by atoms with E-state index in [2.05, 4.69) is 5.92 Å². The molecule has 1 rings (SSSR count). The number of benzene rings is 1. The van der Waals surface area contributed by atoms with Gasteiger partial charge in [0.25, 0.3) is 0 Å². The van der Waals surface area contributed by atoms with Crippen molar-refractivity contribution in [1.82, 2.24) is 0 Å². The van der Waals surface area contributed by atoms with Crippen molar-refractivity contribution in [2.45, 2.75) is 19.3 Å². The van der Waals surface area contributed by atoms with Crippen LogP contribution in [0, 0.1) is 19.3 Å². The summed E-state index contributed by atoms with van der Waals surface area (Å²) in [6, 6.07) is 7.41. The van der Waals surface area contributed by atoms with Crippen LogP contribution in [0.1, 0.15) is 23.5 Å². The second kappa shape index (κ2) is 4.48. The van der Waals surface area contributed by atoms with Gasteiger partial charge in [0.2, 0.25) is 0 Å². The van der Waals surface area contributed by atoms with E-state index < -0.39 is 11.9 Å². The van der Waals surface area contributed by atoms with Crippen molar-refractivity contribution in [2.24, 2.45) is 0 Å². The van der Waals surface area contributed by atoms with Crippen molar-refractivity contribution >= 4 is 5.97 Å². The highest BCUT2D eigenvalue weighted by Gasteiger charge is 2.19. The van der Waals surface area contributed by atoms with Crippen molar-refractivity contribution in [1.29, 1.82) is 0 Å². The largest absolute Gasteiger partial charge is 0.481 e. The lowest BCUT2D eigenvalue weighted by molar-refractivity contribution is -0.138. The SMILES string of the molecule is C#CCC(C(=O)O)c1ccccc1C. The van der Waals surface area contributed by atoms with E-state index in [9.17, 15) is 4.79 Å². The summed E-state index contributed by atoms with van der Waals surface area (Å²) in [5, 5.41) is 8.99. The fourth-order valence-electron chi connectivity index (χ4n) is 1.43. The van der Waals surface area contributed by atoms with E-state index in [0.29, 0.717) is 0 Å². The van der Waals surface area contributed by atoms with Gasteiger partial charge in [-0.15, -0.1) is 12.3 Å². The Labute approximate surface area is 83.6 Å². The average Bonchev–Trinajstić information content (AvgIpc) is 2.15. The fraction of sp³-hybridized carbons (Fsp3) is 0.250. The molecule has 14 heavy (non-hydrogen) atoms. The topological polar surface area (TPSA) is 37.3 Å². The predicted molar refractivity (Wildman–Crippen MR) is 55.0 cm³/mol. The maximum absolute atomic E-state index is 10.9. The Morgan fingerprint density at radius 2 is 2.21 bits per heavy atom. The van der Waals surface area contributed by atoms with Crippen LogP contribution in [-0.2, 0) is 4.79 Å². The van der Waals surface area contributed by atoms with Gasteiger partial charge in [-0.3, -0.25) is 4.79 Å². The highest BCUT2D eigenvalue weighted by Crippen LogP contribution is 2.22. The quantitative estimate of drug-likeness (QED) is 0.738. The molecule has 1 unspecified atom stereocenters. The number of hydrogen-bond acceptors (Lipinski definition) is 1. The van der Waals surface area contributed by atoms with E-state index in [1.807, 2.05) is 31.2 Å². The van der Waals surface area contributed by atoms with Crippen molar-refractivity contribution in [3.63, 3.8) is 0 Å². The molecule has 0 amide bonds. The number of carboxylic acid groups (broad SMARTS) is 1. The van der Waals surface area contributed by atoms with E-state index in [1.165, 1.54) is 0 Å². The van der Waals surface area contributed by atoms with Crippen molar-refractivity contribution < 1.29 is 9.90 Å². The molecule has 0 fully saturated rings. The molecule has 0 aliphatic rings. The molecule has 1 aromatic carbocycles. The smallest absolute Gasteiger partial charge is 0.311 e. The van der Waals surface area contributed by atoms with Gasteiger partial charge in [-0.1, -0.05) is 24.3 Å². The summed E-state index contributed by atoms with van der Waals surface area (Å²) in [6.07, 6.45) is 5.38. The predicted octanol–water partition coefficient (Wildman–Crippen LogP) is 2.19. The molecule has 0 saturated carbocycles. The maximum Gasteiger partial charge on any atom is 0.311 e. The minimum atomic E-state index is -0.864. The minimum absolute atomic E-state index is 0.236. The van der Waals surface area contributed by atoms with Crippen LogP contribution in [-0.4, -0.2) is 11.1 Å². The van der Waals surface area contributed by atoms with Crippen LogP contribution < -0.4 is 0 Å². The molecule has 72 valence electrons. The summed E-state index contributed by atoms with van der Waals surface area (Å²) in [5.41, 5.74) is 1.77. The van der Waals surface area contributed by atoms with Gasteiger partial charge in [0, 0.05) is 6.42 Å². The normalized spacial score (nSPS) is 11.7. The Kier molecular flexibility index (Phi) is 3.30. The summed E-state index contributed by atoms with van der Waals surface area (Å²) >= 11 is 0. The number of carboxylic acids is 1. The van der Waals surface area contributed by atoms with Crippen LogP contribution in [0.15, 0.2) is 24.3 Å². The minimum Gasteiger partial charge on any atom is -0.481 e. The lowest BCUT2D eigenvalue weighted by Crippen LogP contribution is -2.12.